The first-order chi connectivity index (χ1) is 8.78. The molecule has 0 saturated carbocycles. The van der Waals surface area contributed by atoms with Crippen molar-refractivity contribution in [3.63, 3.8) is 0 Å². The zero-order chi connectivity index (χ0) is 12.8. The summed E-state index contributed by atoms with van der Waals surface area (Å²) in [7, 11) is 1.70. The molecule has 1 atom stereocenters. The second kappa shape index (κ2) is 6.50. The maximum absolute atomic E-state index is 5.16. The van der Waals surface area contributed by atoms with Crippen LogP contribution in [0.1, 0.15) is 12.5 Å². The van der Waals surface area contributed by atoms with Crippen LogP contribution in [0.15, 0.2) is 59.5 Å². The molecule has 0 amide bonds. The fraction of sp³-hybridized carbons (Fsp3) is 0.250. The number of rotatable bonds is 5. The maximum atomic E-state index is 5.16. The zero-order valence-electron chi connectivity index (χ0n) is 10.8. The van der Waals surface area contributed by atoms with Gasteiger partial charge in [-0.3, -0.25) is 0 Å². The molecule has 0 heterocycles. The normalized spacial score (nSPS) is 12.1. The molecule has 0 spiro atoms. The Hall–Kier alpha value is -1.41. The second-order valence-corrected chi connectivity index (χ2v) is 5.81. The largest absolute Gasteiger partial charge is 0.497 e. The first-order valence-corrected chi connectivity index (χ1v) is 7.00. The average molecular weight is 258 g/mol. The van der Waals surface area contributed by atoms with E-state index < -0.39 is 0 Å². The van der Waals surface area contributed by atoms with Crippen molar-refractivity contribution in [2.24, 2.45) is 0 Å². The monoisotopic (exact) mass is 258 g/mol. The van der Waals surface area contributed by atoms with Gasteiger partial charge in [-0.1, -0.05) is 37.3 Å². The average Bonchev–Trinajstić information content (AvgIpc) is 2.40. The summed E-state index contributed by atoms with van der Waals surface area (Å²) in [4.78, 5) is 1.33. The molecule has 0 unspecified atom stereocenters. The molecular formula is C16H18OS. The fourth-order valence-corrected chi connectivity index (χ4v) is 2.92. The third kappa shape index (κ3) is 3.81. The van der Waals surface area contributed by atoms with Crippen molar-refractivity contribution in [2.75, 3.05) is 7.11 Å². The van der Waals surface area contributed by atoms with Gasteiger partial charge in [-0.05, 0) is 36.2 Å². The zero-order valence-corrected chi connectivity index (χ0v) is 11.6. The number of hydrogen-bond acceptors (Lipinski definition) is 2. The summed E-state index contributed by atoms with van der Waals surface area (Å²) in [5.41, 5.74) is 1.35. The minimum atomic E-state index is 0.570. The Bertz CT molecular complexity index is 464. The highest BCUT2D eigenvalue weighted by molar-refractivity contribution is 7.99. The van der Waals surface area contributed by atoms with Gasteiger partial charge in [0.25, 0.3) is 0 Å². The van der Waals surface area contributed by atoms with E-state index in [1.54, 1.807) is 7.11 Å². The maximum Gasteiger partial charge on any atom is 0.118 e. The number of benzene rings is 2. The topological polar surface area (TPSA) is 9.23 Å². The predicted molar refractivity (Wildman–Crippen MR) is 78.5 cm³/mol. The van der Waals surface area contributed by atoms with Crippen molar-refractivity contribution >= 4 is 11.8 Å². The van der Waals surface area contributed by atoms with E-state index >= 15 is 0 Å². The van der Waals surface area contributed by atoms with Crippen LogP contribution in [0.25, 0.3) is 0 Å². The standard InChI is InChI=1S/C16H18OS/c1-13(18-16-6-4-3-5-7-16)12-14-8-10-15(17-2)11-9-14/h3-11,13H,12H2,1-2H3/t13-/m0/s1. The van der Waals surface area contributed by atoms with Crippen molar-refractivity contribution < 1.29 is 4.74 Å². The van der Waals surface area contributed by atoms with Gasteiger partial charge in [0.15, 0.2) is 0 Å². The molecule has 0 fully saturated rings. The van der Waals surface area contributed by atoms with Gasteiger partial charge in [0.05, 0.1) is 7.11 Å². The minimum Gasteiger partial charge on any atom is -0.497 e. The summed E-state index contributed by atoms with van der Waals surface area (Å²) in [6, 6.07) is 18.9. The second-order valence-electron chi connectivity index (χ2n) is 4.29. The van der Waals surface area contributed by atoms with Crippen molar-refractivity contribution in [1.29, 1.82) is 0 Å². The highest BCUT2D eigenvalue weighted by atomic mass is 32.2. The number of thioether (sulfide) groups is 1. The molecule has 2 rings (SSSR count). The van der Waals surface area contributed by atoms with Gasteiger partial charge in [-0.2, -0.15) is 0 Å². The Morgan fingerprint density at radius 1 is 1.00 bits per heavy atom. The molecule has 0 aliphatic carbocycles. The summed E-state index contributed by atoms with van der Waals surface area (Å²) in [5, 5.41) is 0.570. The molecule has 2 heteroatoms. The van der Waals surface area contributed by atoms with E-state index in [0.29, 0.717) is 5.25 Å². The smallest absolute Gasteiger partial charge is 0.118 e. The quantitative estimate of drug-likeness (QED) is 0.734. The molecule has 0 N–H and O–H groups in total. The molecule has 2 aromatic carbocycles. The lowest BCUT2D eigenvalue weighted by Crippen LogP contribution is -2.01. The van der Waals surface area contributed by atoms with Crippen LogP contribution in [0.2, 0.25) is 0 Å². The van der Waals surface area contributed by atoms with Crippen molar-refractivity contribution in [3.8, 4) is 5.75 Å². The van der Waals surface area contributed by atoms with Crippen molar-refractivity contribution in [3.05, 3.63) is 60.2 Å². The van der Waals surface area contributed by atoms with E-state index in [1.165, 1.54) is 10.5 Å². The molecule has 2 aromatic rings. The third-order valence-electron chi connectivity index (χ3n) is 2.76. The van der Waals surface area contributed by atoms with Gasteiger partial charge in [0.2, 0.25) is 0 Å². The Balaban J connectivity index is 1.92. The van der Waals surface area contributed by atoms with E-state index in [4.69, 9.17) is 4.74 Å². The van der Waals surface area contributed by atoms with Gasteiger partial charge in [0, 0.05) is 10.1 Å². The highest BCUT2D eigenvalue weighted by Crippen LogP contribution is 2.25. The van der Waals surface area contributed by atoms with Gasteiger partial charge < -0.3 is 4.74 Å². The van der Waals surface area contributed by atoms with E-state index in [1.807, 2.05) is 23.9 Å². The minimum absolute atomic E-state index is 0.570. The van der Waals surface area contributed by atoms with Crippen LogP contribution in [0.5, 0.6) is 5.75 Å². The Morgan fingerprint density at radius 2 is 1.67 bits per heavy atom. The van der Waals surface area contributed by atoms with E-state index in [2.05, 4.69) is 49.4 Å². The lowest BCUT2D eigenvalue weighted by atomic mass is 10.1. The molecule has 0 aromatic heterocycles. The predicted octanol–water partition coefficient (Wildman–Crippen LogP) is 4.42. The Kier molecular flexibility index (Phi) is 4.71. The van der Waals surface area contributed by atoms with Gasteiger partial charge in [0.1, 0.15) is 5.75 Å². The van der Waals surface area contributed by atoms with Gasteiger partial charge >= 0.3 is 0 Å². The van der Waals surface area contributed by atoms with Crippen LogP contribution < -0.4 is 4.74 Å². The summed E-state index contributed by atoms with van der Waals surface area (Å²) < 4.78 is 5.16. The summed E-state index contributed by atoms with van der Waals surface area (Å²) in [6.07, 6.45) is 1.07. The molecule has 1 nitrogen and oxygen atoms in total. The van der Waals surface area contributed by atoms with E-state index in [9.17, 15) is 0 Å². The number of methoxy groups -OCH3 is 1. The molecule has 0 bridgehead atoms. The van der Waals surface area contributed by atoms with Gasteiger partial charge in [-0.25, -0.2) is 0 Å². The Labute approximate surface area is 113 Å². The number of hydrogen-bond donors (Lipinski definition) is 0. The lowest BCUT2D eigenvalue weighted by Gasteiger charge is -2.11. The lowest BCUT2D eigenvalue weighted by molar-refractivity contribution is 0.414. The van der Waals surface area contributed by atoms with Crippen LogP contribution in [0, 0.1) is 0 Å². The molecule has 0 aliphatic heterocycles. The molecule has 18 heavy (non-hydrogen) atoms. The summed E-state index contributed by atoms with van der Waals surface area (Å²) in [5.74, 6) is 0.919. The molecular weight excluding hydrogens is 240 g/mol. The molecule has 0 radical (unpaired) electrons. The molecule has 94 valence electrons. The van der Waals surface area contributed by atoms with E-state index in [0.717, 1.165) is 12.2 Å². The third-order valence-corrected chi connectivity index (χ3v) is 3.88. The van der Waals surface area contributed by atoms with Crippen LogP contribution >= 0.6 is 11.8 Å². The number of ether oxygens (including phenoxy) is 1. The molecule has 0 saturated heterocycles. The highest BCUT2D eigenvalue weighted by Gasteiger charge is 2.05. The van der Waals surface area contributed by atoms with Gasteiger partial charge in [-0.15, -0.1) is 11.8 Å². The van der Waals surface area contributed by atoms with E-state index in [-0.39, 0.29) is 0 Å². The van der Waals surface area contributed by atoms with Crippen LogP contribution in [-0.4, -0.2) is 12.4 Å². The van der Waals surface area contributed by atoms with Crippen LogP contribution in [-0.2, 0) is 6.42 Å². The fourth-order valence-electron chi connectivity index (χ4n) is 1.87. The van der Waals surface area contributed by atoms with Crippen molar-refractivity contribution in [2.45, 2.75) is 23.5 Å². The first kappa shape index (κ1) is 13.0. The first-order valence-electron chi connectivity index (χ1n) is 6.12. The Morgan fingerprint density at radius 3 is 2.28 bits per heavy atom. The van der Waals surface area contributed by atoms with Crippen LogP contribution in [0.3, 0.4) is 0 Å². The van der Waals surface area contributed by atoms with Crippen LogP contribution in [0.4, 0.5) is 0 Å². The SMILES string of the molecule is COc1ccc(C[C@H](C)Sc2ccccc2)cc1. The summed E-state index contributed by atoms with van der Waals surface area (Å²) in [6.45, 7) is 2.27. The summed E-state index contributed by atoms with van der Waals surface area (Å²) >= 11 is 1.92. The molecule has 0 aliphatic rings. The van der Waals surface area contributed by atoms with Crippen molar-refractivity contribution in [1.82, 2.24) is 0 Å².